The van der Waals surface area contributed by atoms with Crippen LogP contribution in [0.15, 0.2) is 41.2 Å². The molecular formula is C25H21N3O2S. The van der Waals surface area contributed by atoms with Crippen molar-refractivity contribution in [3.8, 4) is 11.8 Å². The summed E-state index contributed by atoms with van der Waals surface area (Å²) in [6.07, 6.45) is 4.74. The number of H-pyrrole nitrogens is 1. The molecule has 5 nitrogen and oxygen atoms in total. The molecule has 2 aromatic heterocycles. The van der Waals surface area contributed by atoms with Gasteiger partial charge in [0.15, 0.2) is 5.82 Å². The van der Waals surface area contributed by atoms with Crippen LogP contribution < -0.4 is 10.3 Å². The van der Waals surface area contributed by atoms with Gasteiger partial charge in [-0.25, -0.2) is 4.98 Å². The van der Waals surface area contributed by atoms with Crippen LogP contribution in [0.2, 0.25) is 0 Å². The SMILES string of the molecule is COc1ccc2ccccc2c1/C=C(/C#N)c1nc2sc3c(c2c(=O)[nH]1)CC[C@@H](C)C3. The van der Waals surface area contributed by atoms with Crippen molar-refractivity contribution in [2.75, 3.05) is 7.11 Å². The molecule has 0 radical (unpaired) electrons. The quantitative estimate of drug-likeness (QED) is 0.448. The highest BCUT2D eigenvalue weighted by atomic mass is 32.1. The molecule has 0 saturated carbocycles. The van der Waals surface area contributed by atoms with E-state index in [-0.39, 0.29) is 5.56 Å². The summed E-state index contributed by atoms with van der Waals surface area (Å²) in [5.41, 5.74) is 2.06. The Labute approximate surface area is 183 Å². The number of allylic oxidation sites excluding steroid dienone is 1. The van der Waals surface area contributed by atoms with Crippen LogP contribution >= 0.6 is 11.3 Å². The number of thiophene rings is 1. The van der Waals surface area contributed by atoms with Gasteiger partial charge in [0.2, 0.25) is 0 Å². The van der Waals surface area contributed by atoms with Crippen molar-refractivity contribution in [1.29, 1.82) is 5.26 Å². The minimum atomic E-state index is -0.168. The highest BCUT2D eigenvalue weighted by Crippen LogP contribution is 2.36. The van der Waals surface area contributed by atoms with Crippen molar-refractivity contribution >= 4 is 44.0 Å². The molecule has 1 atom stereocenters. The molecule has 2 heterocycles. The lowest BCUT2D eigenvalue weighted by atomic mass is 9.89. The molecule has 0 amide bonds. The van der Waals surface area contributed by atoms with Gasteiger partial charge in [0.05, 0.1) is 18.1 Å². The van der Waals surface area contributed by atoms with Crippen molar-refractivity contribution in [2.45, 2.75) is 26.2 Å². The summed E-state index contributed by atoms with van der Waals surface area (Å²) >= 11 is 1.58. The third-order valence-electron chi connectivity index (χ3n) is 5.98. The normalized spacial score (nSPS) is 16.3. The first-order chi connectivity index (χ1) is 15.1. The van der Waals surface area contributed by atoms with E-state index in [2.05, 4.69) is 18.0 Å². The molecule has 0 spiro atoms. The summed E-state index contributed by atoms with van der Waals surface area (Å²) in [6, 6.07) is 14.0. The summed E-state index contributed by atoms with van der Waals surface area (Å²) < 4.78 is 5.55. The number of methoxy groups -OCH3 is 1. The van der Waals surface area contributed by atoms with Crippen LogP contribution in [0, 0.1) is 17.2 Å². The lowest BCUT2D eigenvalue weighted by molar-refractivity contribution is 0.414. The van der Waals surface area contributed by atoms with Crippen LogP contribution in [0.5, 0.6) is 5.75 Å². The first-order valence-corrected chi connectivity index (χ1v) is 11.1. The third kappa shape index (κ3) is 3.31. The van der Waals surface area contributed by atoms with Crippen LogP contribution in [0.1, 0.15) is 35.2 Å². The number of benzene rings is 2. The summed E-state index contributed by atoms with van der Waals surface area (Å²) in [5.74, 6) is 1.57. The molecular weight excluding hydrogens is 406 g/mol. The zero-order valence-corrected chi connectivity index (χ0v) is 18.2. The first kappa shape index (κ1) is 19.5. The maximum Gasteiger partial charge on any atom is 0.260 e. The van der Waals surface area contributed by atoms with Crippen LogP contribution in [0.4, 0.5) is 0 Å². The van der Waals surface area contributed by atoms with Gasteiger partial charge in [-0.05, 0) is 53.7 Å². The molecule has 0 aliphatic heterocycles. The van der Waals surface area contributed by atoms with Gasteiger partial charge in [-0.1, -0.05) is 37.3 Å². The van der Waals surface area contributed by atoms with Crippen molar-refractivity contribution in [1.82, 2.24) is 9.97 Å². The number of aromatic amines is 1. The second kappa shape index (κ2) is 7.68. The van der Waals surface area contributed by atoms with E-state index in [0.29, 0.717) is 33.3 Å². The fourth-order valence-corrected chi connectivity index (χ4v) is 5.76. The van der Waals surface area contributed by atoms with Crippen molar-refractivity contribution in [3.63, 3.8) is 0 Å². The minimum Gasteiger partial charge on any atom is -0.496 e. The van der Waals surface area contributed by atoms with E-state index in [0.717, 1.165) is 41.2 Å². The number of nitrogens with one attached hydrogen (secondary N) is 1. The molecule has 0 fully saturated rings. The van der Waals surface area contributed by atoms with Crippen LogP contribution in [0.3, 0.4) is 0 Å². The number of rotatable bonds is 3. The second-order valence-electron chi connectivity index (χ2n) is 8.02. The summed E-state index contributed by atoms with van der Waals surface area (Å²) in [6.45, 7) is 2.24. The molecule has 0 bridgehead atoms. The predicted molar refractivity (Wildman–Crippen MR) is 125 cm³/mol. The van der Waals surface area contributed by atoms with Crippen molar-refractivity contribution < 1.29 is 4.74 Å². The lowest BCUT2D eigenvalue weighted by Crippen LogP contribution is -2.14. The molecule has 31 heavy (non-hydrogen) atoms. The smallest absolute Gasteiger partial charge is 0.260 e. The van der Waals surface area contributed by atoms with Gasteiger partial charge in [-0.2, -0.15) is 5.26 Å². The summed E-state index contributed by atoms with van der Waals surface area (Å²) in [5, 5.41) is 12.6. The van der Waals surface area contributed by atoms with Crippen LogP contribution in [0.25, 0.3) is 32.6 Å². The fourth-order valence-electron chi connectivity index (χ4n) is 4.38. The highest BCUT2D eigenvalue weighted by Gasteiger charge is 2.23. The molecule has 0 saturated heterocycles. The predicted octanol–water partition coefficient (Wildman–Crippen LogP) is 5.34. The summed E-state index contributed by atoms with van der Waals surface area (Å²) in [7, 11) is 1.61. The van der Waals surface area contributed by atoms with Gasteiger partial charge in [-0.3, -0.25) is 4.79 Å². The highest BCUT2D eigenvalue weighted by molar-refractivity contribution is 7.18. The Morgan fingerprint density at radius 3 is 2.97 bits per heavy atom. The molecule has 6 heteroatoms. The van der Waals surface area contributed by atoms with Crippen LogP contribution in [-0.2, 0) is 12.8 Å². The number of hydrogen-bond donors (Lipinski definition) is 1. The maximum atomic E-state index is 13.0. The maximum absolute atomic E-state index is 13.0. The number of aromatic nitrogens is 2. The van der Waals surface area contributed by atoms with Crippen molar-refractivity contribution in [2.24, 2.45) is 5.92 Å². The zero-order chi connectivity index (χ0) is 21.5. The summed E-state index contributed by atoms with van der Waals surface area (Å²) in [4.78, 5) is 22.5. The number of ether oxygens (including phenoxy) is 1. The number of fused-ring (bicyclic) bond motifs is 4. The average molecular weight is 428 g/mol. The largest absolute Gasteiger partial charge is 0.496 e. The topological polar surface area (TPSA) is 78.8 Å². The van der Waals surface area contributed by atoms with E-state index in [1.807, 2.05) is 36.4 Å². The average Bonchev–Trinajstić information content (AvgIpc) is 3.15. The third-order valence-corrected chi connectivity index (χ3v) is 7.13. The Kier molecular flexibility index (Phi) is 4.84. The van der Waals surface area contributed by atoms with E-state index < -0.39 is 0 Å². The molecule has 1 aliphatic carbocycles. The zero-order valence-electron chi connectivity index (χ0n) is 17.4. The van der Waals surface area contributed by atoms with E-state index >= 15 is 0 Å². The Morgan fingerprint density at radius 2 is 2.16 bits per heavy atom. The first-order valence-electron chi connectivity index (χ1n) is 10.3. The molecule has 2 aromatic carbocycles. The molecule has 5 rings (SSSR count). The van der Waals surface area contributed by atoms with Gasteiger partial charge >= 0.3 is 0 Å². The van der Waals surface area contributed by atoms with E-state index in [1.165, 1.54) is 4.88 Å². The fraction of sp³-hybridized carbons (Fsp3) is 0.240. The van der Waals surface area contributed by atoms with Crippen molar-refractivity contribution in [3.05, 3.63) is 68.6 Å². The molecule has 154 valence electrons. The molecule has 4 aromatic rings. The Hall–Kier alpha value is -3.43. The molecule has 0 unspecified atom stereocenters. The standard InChI is InChI=1S/C25H21N3O2S/c1-14-7-9-18-21(11-14)31-25-22(18)24(29)27-23(28-25)16(13-26)12-19-17-6-4-3-5-15(17)8-10-20(19)30-2/h3-6,8,10,12,14H,7,9,11H2,1-2H3,(H,27,28,29)/b16-12-/t14-/m1/s1. The molecule has 1 aliphatic rings. The van der Waals surface area contributed by atoms with Gasteiger partial charge in [0.25, 0.3) is 5.56 Å². The number of aryl methyl sites for hydroxylation is 1. The van der Waals surface area contributed by atoms with Gasteiger partial charge in [0.1, 0.15) is 16.6 Å². The van der Waals surface area contributed by atoms with E-state index in [9.17, 15) is 10.1 Å². The van der Waals surface area contributed by atoms with Gasteiger partial charge in [0, 0.05) is 10.4 Å². The second-order valence-corrected chi connectivity index (χ2v) is 9.10. The van der Waals surface area contributed by atoms with Gasteiger partial charge in [-0.15, -0.1) is 11.3 Å². The molecule has 1 N–H and O–H groups in total. The van der Waals surface area contributed by atoms with E-state index in [4.69, 9.17) is 9.72 Å². The van der Waals surface area contributed by atoms with Crippen LogP contribution in [-0.4, -0.2) is 17.1 Å². The Bertz CT molecular complexity index is 1460. The number of nitriles is 1. The number of hydrogen-bond acceptors (Lipinski definition) is 5. The monoisotopic (exact) mass is 427 g/mol. The minimum absolute atomic E-state index is 0.168. The van der Waals surface area contributed by atoms with Gasteiger partial charge < -0.3 is 9.72 Å². The number of nitrogens with zero attached hydrogens (tertiary/aromatic N) is 2. The Balaban J connectivity index is 1.70. The van der Waals surface area contributed by atoms with E-state index in [1.54, 1.807) is 24.5 Å². The Morgan fingerprint density at radius 1 is 1.32 bits per heavy atom. The lowest BCUT2D eigenvalue weighted by Gasteiger charge is -2.17.